The van der Waals surface area contributed by atoms with Gasteiger partial charge in [0.1, 0.15) is 0 Å². The van der Waals surface area contributed by atoms with Crippen LogP contribution in [-0.2, 0) is 9.59 Å². The van der Waals surface area contributed by atoms with E-state index in [9.17, 15) is 9.59 Å². The maximum absolute atomic E-state index is 12.4. The molecule has 124 valence electrons. The molecular weight excluding hydrogens is 280 g/mol. The average molecular weight is 308 g/mol. The molecule has 3 fully saturated rings. The van der Waals surface area contributed by atoms with Crippen LogP contribution in [0, 0.1) is 11.8 Å². The molecule has 1 atom stereocenters. The summed E-state index contributed by atoms with van der Waals surface area (Å²) < 4.78 is 0. The zero-order valence-corrected chi connectivity index (χ0v) is 13.3. The largest absolute Gasteiger partial charge is 0.396 e. The van der Waals surface area contributed by atoms with Gasteiger partial charge in [-0.05, 0) is 44.4 Å². The summed E-state index contributed by atoms with van der Waals surface area (Å²) in [5.41, 5.74) is 0. The third-order valence-electron chi connectivity index (χ3n) is 5.75. The van der Waals surface area contributed by atoms with E-state index in [0.29, 0.717) is 24.9 Å². The molecule has 22 heavy (non-hydrogen) atoms. The lowest BCUT2D eigenvalue weighted by molar-refractivity contribution is -0.130. The van der Waals surface area contributed by atoms with Crippen LogP contribution in [0.3, 0.4) is 0 Å². The molecular formula is C17H28N2O3. The van der Waals surface area contributed by atoms with Crippen molar-refractivity contribution in [2.24, 2.45) is 11.8 Å². The molecule has 0 bridgehead atoms. The van der Waals surface area contributed by atoms with Crippen LogP contribution in [0.5, 0.6) is 0 Å². The molecule has 0 spiro atoms. The van der Waals surface area contributed by atoms with Crippen molar-refractivity contribution < 1.29 is 14.7 Å². The highest BCUT2D eigenvalue weighted by atomic mass is 16.3. The minimum Gasteiger partial charge on any atom is -0.396 e. The van der Waals surface area contributed by atoms with E-state index >= 15 is 0 Å². The minimum atomic E-state index is -0.163. The van der Waals surface area contributed by atoms with Crippen molar-refractivity contribution >= 4 is 11.8 Å². The Hall–Kier alpha value is -1.10. The molecule has 0 aromatic carbocycles. The standard InChI is InChI=1S/C17H28N2O3/c20-11-12-5-7-14(8-6-12)18-17(22)13-9-16(21)19(10-13)15-3-1-2-4-15/h12-15,20H,1-11H2,(H,18,22). The number of likely N-dealkylation sites (tertiary alicyclic amines) is 1. The highest BCUT2D eigenvalue weighted by molar-refractivity contribution is 5.89. The number of carbonyl (C=O) groups is 2. The number of hydrogen-bond donors (Lipinski definition) is 2. The van der Waals surface area contributed by atoms with Crippen molar-refractivity contribution in [3.05, 3.63) is 0 Å². The smallest absolute Gasteiger partial charge is 0.225 e. The van der Waals surface area contributed by atoms with Gasteiger partial charge in [-0.1, -0.05) is 12.8 Å². The minimum absolute atomic E-state index is 0.0568. The Labute approximate surface area is 132 Å². The number of aliphatic hydroxyl groups excluding tert-OH is 1. The van der Waals surface area contributed by atoms with Crippen molar-refractivity contribution in [2.75, 3.05) is 13.2 Å². The molecule has 2 N–H and O–H groups in total. The van der Waals surface area contributed by atoms with Gasteiger partial charge in [0.15, 0.2) is 0 Å². The first kappa shape index (κ1) is 15.8. The van der Waals surface area contributed by atoms with E-state index in [0.717, 1.165) is 38.5 Å². The highest BCUT2D eigenvalue weighted by Gasteiger charge is 2.39. The van der Waals surface area contributed by atoms with Crippen molar-refractivity contribution in [2.45, 2.75) is 69.9 Å². The number of carbonyl (C=O) groups excluding carboxylic acids is 2. The number of rotatable bonds is 4. The van der Waals surface area contributed by atoms with E-state index in [4.69, 9.17) is 5.11 Å². The summed E-state index contributed by atoms with van der Waals surface area (Å²) in [7, 11) is 0. The van der Waals surface area contributed by atoms with E-state index in [2.05, 4.69) is 5.32 Å². The second-order valence-electron chi connectivity index (χ2n) is 7.29. The Morgan fingerprint density at radius 3 is 2.45 bits per heavy atom. The molecule has 5 heteroatoms. The van der Waals surface area contributed by atoms with E-state index in [1.54, 1.807) is 0 Å². The summed E-state index contributed by atoms with van der Waals surface area (Å²) in [6.07, 6.45) is 8.87. The fraction of sp³-hybridized carbons (Fsp3) is 0.882. The van der Waals surface area contributed by atoms with Gasteiger partial charge < -0.3 is 15.3 Å². The van der Waals surface area contributed by atoms with Crippen LogP contribution < -0.4 is 5.32 Å². The normalized spacial score (nSPS) is 33.4. The summed E-state index contributed by atoms with van der Waals surface area (Å²) in [6, 6.07) is 0.608. The van der Waals surface area contributed by atoms with E-state index < -0.39 is 0 Å². The number of aliphatic hydroxyl groups is 1. The van der Waals surface area contributed by atoms with Crippen molar-refractivity contribution in [3.63, 3.8) is 0 Å². The van der Waals surface area contributed by atoms with Crippen molar-refractivity contribution in [3.8, 4) is 0 Å². The summed E-state index contributed by atoms with van der Waals surface area (Å²) >= 11 is 0. The number of nitrogens with one attached hydrogen (secondary N) is 1. The molecule has 0 radical (unpaired) electrons. The SMILES string of the molecule is O=C(NC1CCC(CO)CC1)C1CC(=O)N(C2CCCC2)C1. The first-order chi connectivity index (χ1) is 10.7. The fourth-order valence-electron chi connectivity index (χ4n) is 4.28. The first-order valence-corrected chi connectivity index (χ1v) is 8.88. The monoisotopic (exact) mass is 308 g/mol. The lowest BCUT2D eigenvalue weighted by atomic mass is 9.86. The molecule has 0 aromatic heterocycles. The quantitative estimate of drug-likeness (QED) is 0.826. The molecule has 0 aromatic rings. The Bertz CT molecular complexity index is 412. The van der Waals surface area contributed by atoms with E-state index in [1.165, 1.54) is 12.8 Å². The zero-order valence-electron chi connectivity index (χ0n) is 13.3. The van der Waals surface area contributed by atoms with E-state index in [-0.39, 0.29) is 30.4 Å². The molecule has 2 aliphatic carbocycles. The van der Waals surface area contributed by atoms with Crippen LogP contribution in [0.15, 0.2) is 0 Å². The average Bonchev–Trinajstić information content (AvgIpc) is 3.17. The maximum Gasteiger partial charge on any atom is 0.225 e. The molecule has 2 saturated carbocycles. The Morgan fingerprint density at radius 1 is 1.14 bits per heavy atom. The zero-order chi connectivity index (χ0) is 15.5. The summed E-state index contributed by atoms with van der Waals surface area (Å²) in [4.78, 5) is 26.6. The number of nitrogens with zero attached hydrogens (tertiary/aromatic N) is 1. The third kappa shape index (κ3) is 3.45. The van der Waals surface area contributed by atoms with Gasteiger partial charge in [-0.15, -0.1) is 0 Å². The fourth-order valence-corrected chi connectivity index (χ4v) is 4.28. The molecule has 1 unspecified atom stereocenters. The number of amides is 2. The Balaban J connectivity index is 1.48. The van der Waals surface area contributed by atoms with Gasteiger partial charge in [0.25, 0.3) is 0 Å². The van der Waals surface area contributed by atoms with Gasteiger partial charge in [-0.25, -0.2) is 0 Å². The van der Waals surface area contributed by atoms with Gasteiger partial charge in [0.2, 0.25) is 11.8 Å². The Morgan fingerprint density at radius 2 is 1.82 bits per heavy atom. The van der Waals surface area contributed by atoms with Gasteiger partial charge in [-0.2, -0.15) is 0 Å². The first-order valence-electron chi connectivity index (χ1n) is 8.88. The predicted octanol–water partition coefficient (Wildman–Crippen LogP) is 1.44. The molecule has 1 heterocycles. The molecule has 3 rings (SSSR count). The summed E-state index contributed by atoms with van der Waals surface area (Å²) in [5, 5.41) is 12.3. The molecule has 1 aliphatic heterocycles. The van der Waals surface area contributed by atoms with Crippen molar-refractivity contribution in [1.29, 1.82) is 0 Å². The second kappa shape index (κ2) is 6.99. The van der Waals surface area contributed by atoms with Gasteiger partial charge in [0, 0.05) is 31.7 Å². The third-order valence-corrected chi connectivity index (χ3v) is 5.75. The summed E-state index contributed by atoms with van der Waals surface area (Å²) in [5.74, 6) is 0.458. The van der Waals surface area contributed by atoms with Crippen LogP contribution in [0.25, 0.3) is 0 Å². The predicted molar refractivity (Wildman–Crippen MR) is 83.1 cm³/mol. The molecule has 3 aliphatic rings. The topological polar surface area (TPSA) is 69.6 Å². The molecule has 5 nitrogen and oxygen atoms in total. The summed E-state index contributed by atoms with van der Waals surface area (Å²) in [6.45, 7) is 0.870. The van der Waals surface area contributed by atoms with E-state index in [1.807, 2.05) is 4.90 Å². The second-order valence-corrected chi connectivity index (χ2v) is 7.29. The van der Waals surface area contributed by atoms with Crippen LogP contribution in [0.1, 0.15) is 57.8 Å². The highest BCUT2D eigenvalue weighted by Crippen LogP contribution is 2.30. The lowest BCUT2D eigenvalue weighted by Crippen LogP contribution is -2.42. The Kier molecular flexibility index (Phi) is 5.01. The number of hydrogen-bond acceptors (Lipinski definition) is 3. The van der Waals surface area contributed by atoms with Crippen LogP contribution >= 0.6 is 0 Å². The van der Waals surface area contributed by atoms with Crippen LogP contribution in [0.4, 0.5) is 0 Å². The van der Waals surface area contributed by atoms with Gasteiger partial charge in [-0.3, -0.25) is 9.59 Å². The van der Waals surface area contributed by atoms with Gasteiger partial charge in [0.05, 0.1) is 5.92 Å². The lowest BCUT2D eigenvalue weighted by Gasteiger charge is -2.29. The maximum atomic E-state index is 12.4. The van der Waals surface area contributed by atoms with Gasteiger partial charge >= 0.3 is 0 Å². The van der Waals surface area contributed by atoms with Crippen molar-refractivity contribution in [1.82, 2.24) is 10.2 Å². The van der Waals surface area contributed by atoms with Crippen LogP contribution in [-0.4, -0.2) is 47.1 Å². The van der Waals surface area contributed by atoms with Crippen LogP contribution in [0.2, 0.25) is 0 Å². The molecule has 2 amide bonds. The molecule has 1 saturated heterocycles.